The molecule has 0 unspecified atom stereocenters. The summed E-state index contributed by atoms with van der Waals surface area (Å²) in [5, 5.41) is 8.21. The van der Waals surface area contributed by atoms with Crippen LogP contribution in [0.4, 0.5) is 4.39 Å². The molecule has 0 aliphatic heterocycles. The predicted molar refractivity (Wildman–Crippen MR) is 44.2 cm³/mol. The number of nitriles is 1. The second-order valence-electron chi connectivity index (χ2n) is 2.23. The number of aldehydes is 1. The first-order valence-electron chi connectivity index (χ1n) is 3.45. The molecule has 4 heteroatoms. The number of halogens is 1. The van der Waals surface area contributed by atoms with E-state index >= 15 is 0 Å². The lowest BCUT2D eigenvalue weighted by atomic mass is 10.2. The third-order valence-corrected chi connectivity index (χ3v) is 1.36. The van der Waals surface area contributed by atoms with Crippen molar-refractivity contribution in [2.75, 3.05) is 0 Å². The van der Waals surface area contributed by atoms with Gasteiger partial charge in [0.15, 0.2) is 6.29 Å². The highest BCUT2D eigenvalue weighted by Gasteiger charge is 2.01. The van der Waals surface area contributed by atoms with Crippen LogP contribution in [-0.2, 0) is 0 Å². The van der Waals surface area contributed by atoms with Gasteiger partial charge in [0.2, 0.25) is 5.95 Å². The summed E-state index contributed by atoms with van der Waals surface area (Å²) in [5.41, 5.74) is 0.408. The summed E-state index contributed by atoms with van der Waals surface area (Å²) < 4.78 is 12.7. The normalized spacial score (nSPS) is 9.85. The van der Waals surface area contributed by atoms with Crippen molar-refractivity contribution in [3.8, 4) is 6.07 Å². The fraction of sp³-hybridized carbons (Fsp3) is 0. The van der Waals surface area contributed by atoms with Gasteiger partial charge in [0.25, 0.3) is 0 Å². The minimum Gasteiger partial charge on any atom is -0.298 e. The molecule has 0 saturated heterocycles. The molecule has 3 nitrogen and oxygen atoms in total. The van der Waals surface area contributed by atoms with Gasteiger partial charge in [-0.2, -0.15) is 9.65 Å². The SMILES string of the molecule is N#CC=Cc1cnc(F)c(C=O)c1. The number of nitrogens with zero attached hydrogens (tertiary/aromatic N) is 2. The Hall–Kier alpha value is -2.02. The van der Waals surface area contributed by atoms with E-state index in [0.717, 1.165) is 0 Å². The highest BCUT2D eigenvalue weighted by Crippen LogP contribution is 2.06. The highest BCUT2D eigenvalue weighted by atomic mass is 19.1. The van der Waals surface area contributed by atoms with Crippen molar-refractivity contribution >= 4 is 12.4 Å². The van der Waals surface area contributed by atoms with Crippen molar-refractivity contribution in [2.45, 2.75) is 0 Å². The highest BCUT2D eigenvalue weighted by molar-refractivity contribution is 5.76. The van der Waals surface area contributed by atoms with Crippen LogP contribution in [0.5, 0.6) is 0 Å². The molecule has 0 aromatic carbocycles. The zero-order valence-electron chi connectivity index (χ0n) is 6.57. The molecule has 0 fully saturated rings. The largest absolute Gasteiger partial charge is 0.298 e. The van der Waals surface area contributed by atoms with Crippen LogP contribution in [0.1, 0.15) is 15.9 Å². The topological polar surface area (TPSA) is 53.8 Å². The Kier molecular flexibility index (Phi) is 2.87. The van der Waals surface area contributed by atoms with Crippen LogP contribution < -0.4 is 0 Å². The lowest BCUT2D eigenvalue weighted by Crippen LogP contribution is -1.92. The molecule has 0 aliphatic carbocycles. The number of hydrogen-bond donors (Lipinski definition) is 0. The van der Waals surface area contributed by atoms with Crippen LogP contribution >= 0.6 is 0 Å². The smallest absolute Gasteiger partial charge is 0.223 e. The Bertz CT molecular complexity index is 393. The van der Waals surface area contributed by atoms with Crippen molar-refractivity contribution in [1.82, 2.24) is 4.98 Å². The fourth-order valence-corrected chi connectivity index (χ4v) is 0.789. The third-order valence-electron chi connectivity index (χ3n) is 1.36. The quantitative estimate of drug-likeness (QED) is 0.390. The average molecular weight is 176 g/mol. The zero-order chi connectivity index (χ0) is 9.68. The van der Waals surface area contributed by atoms with Gasteiger partial charge in [0, 0.05) is 12.3 Å². The first-order valence-corrected chi connectivity index (χ1v) is 3.45. The number of allylic oxidation sites excluding steroid dienone is 1. The van der Waals surface area contributed by atoms with Crippen molar-refractivity contribution in [2.24, 2.45) is 0 Å². The molecular weight excluding hydrogens is 171 g/mol. The molecule has 0 radical (unpaired) electrons. The van der Waals surface area contributed by atoms with Gasteiger partial charge in [0.1, 0.15) is 0 Å². The molecule has 0 bridgehead atoms. The zero-order valence-corrected chi connectivity index (χ0v) is 6.57. The van der Waals surface area contributed by atoms with Crippen LogP contribution in [0.2, 0.25) is 0 Å². The van der Waals surface area contributed by atoms with Crippen LogP contribution in [0.3, 0.4) is 0 Å². The van der Waals surface area contributed by atoms with Gasteiger partial charge in [-0.3, -0.25) is 4.79 Å². The van der Waals surface area contributed by atoms with Crippen LogP contribution in [-0.4, -0.2) is 11.3 Å². The average Bonchev–Trinajstić information content (AvgIpc) is 2.16. The molecule has 1 aromatic rings. The molecule has 1 rings (SSSR count). The molecule has 0 saturated carbocycles. The van der Waals surface area contributed by atoms with Gasteiger partial charge in [-0.25, -0.2) is 4.98 Å². The summed E-state index contributed by atoms with van der Waals surface area (Å²) >= 11 is 0. The Morgan fingerprint density at radius 1 is 1.62 bits per heavy atom. The number of hydrogen-bond acceptors (Lipinski definition) is 3. The number of aromatic nitrogens is 1. The van der Waals surface area contributed by atoms with E-state index in [1.807, 2.05) is 0 Å². The Balaban J connectivity index is 3.08. The molecule has 0 N–H and O–H groups in total. The standard InChI is InChI=1S/C9H5FN2O/c10-9-8(6-13)4-7(5-12-9)2-1-3-11/h1-2,4-6H. The molecule has 0 spiro atoms. The maximum Gasteiger partial charge on any atom is 0.223 e. The van der Waals surface area contributed by atoms with Gasteiger partial charge in [-0.05, 0) is 17.7 Å². The van der Waals surface area contributed by atoms with Crippen molar-refractivity contribution in [1.29, 1.82) is 5.26 Å². The van der Waals surface area contributed by atoms with Crippen LogP contribution in [0.25, 0.3) is 6.08 Å². The fourth-order valence-electron chi connectivity index (χ4n) is 0.789. The Labute approximate surface area is 74.1 Å². The second kappa shape index (κ2) is 4.12. The van der Waals surface area contributed by atoms with Crippen LogP contribution in [0, 0.1) is 17.3 Å². The van der Waals surface area contributed by atoms with Gasteiger partial charge in [-0.15, -0.1) is 0 Å². The number of pyridine rings is 1. The van der Waals surface area contributed by atoms with E-state index in [1.54, 1.807) is 6.07 Å². The van der Waals surface area contributed by atoms with Gasteiger partial charge in [-0.1, -0.05) is 0 Å². The molecule has 0 aliphatic rings. The van der Waals surface area contributed by atoms with Crippen molar-refractivity contribution in [3.05, 3.63) is 35.4 Å². The molecule has 0 amide bonds. The summed E-state index contributed by atoms with van der Waals surface area (Å²) in [6.45, 7) is 0. The number of carbonyl (C=O) groups excluding carboxylic acids is 1. The van der Waals surface area contributed by atoms with E-state index in [1.165, 1.54) is 24.4 Å². The lowest BCUT2D eigenvalue weighted by molar-refractivity contribution is 0.111. The van der Waals surface area contributed by atoms with Gasteiger partial charge < -0.3 is 0 Å². The van der Waals surface area contributed by atoms with E-state index in [9.17, 15) is 9.18 Å². The number of carbonyl (C=O) groups is 1. The summed E-state index contributed by atoms with van der Waals surface area (Å²) in [6.07, 6.45) is 4.30. The first kappa shape index (κ1) is 9.07. The Morgan fingerprint density at radius 2 is 2.38 bits per heavy atom. The van der Waals surface area contributed by atoms with Crippen LogP contribution in [0.15, 0.2) is 18.3 Å². The molecule has 13 heavy (non-hydrogen) atoms. The van der Waals surface area contributed by atoms with E-state index in [0.29, 0.717) is 11.8 Å². The van der Waals surface area contributed by atoms with Crippen molar-refractivity contribution in [3.63, 3.8) is 0 Å². The molecule has 0 atom stereocenters. The predicted octanol–water partition coefficient (Wildman–Crippen LogP) is 1.57. The molecule has 64 valence electrons. The van der Waals surface area contributed by atoms with Gasteiger partial charge in [0.05, 0.1) is 11.6 Å². The Morgan fingerprint density at radius 3 is 3.00 bits per heavy atom. The van der Waals surface area contributed by atoms with E-state index in [4.69, 9.17) is 5.26 Å². The van der Waals surface area contributed by atoms with E-state index in [2.05, 4.69) is 4.98 Å². The third kappa shape index (κ3) is 2.20. The summed E-state index contributed by atoms with van der Waals surface area (Å²) in [6, 6.07) is 3.10. The van der Waals surface area contributed by atoms with Gasteiger partial charge >= 0.3 is 0 Å². The summed E-state index contributed by atoms with van der Waals surface area (Å²) in [4.78, 5) is 13.6. The van der Waals surface area contributed by atoms with E-state index in [-0.39, 0.29) is 5.56 Å². The summed E-state index contributed by atoms with van der Waals surface area (Å²) in [7, 11) is 0. The molecule has 1 aromatic heterocycles. The summed E-state index contributed by atoms with van der Waals surface area (Å²) in [5.74, 6) is -0.802. The second-order valence-corrected chi connectivity index (χ2v) is 2.23. The maximum atomic E-state index is 12.7. The first-order chi connectivity index (χ1) is 6.27. The molecular formula is C9H5FN2O. The molecule has 1 heterocycles. The minimum atomic E-state index is -0.802. The van der Waals surface area contributed by atoms with E-state index < -0.39 is 5.95 Å². The minimum absolute atomic E-state index is 0.111. The monoisotopic (exact) mass is 176 g/mol. The van der Waals surface area contributed by atoms with Crippen molar-refractivity contribution < 1.29 is 9.18 Å². The number of rotatable bonds is 2. The lowest BCUT2D eigenvalue weighted by Gasteiger charge is -1.94. The maximum absolute atomic E-state index is 12.7.